The minimum Gasteiger partial charge on any atom is -0.373 e. The Morgan fingerprint density at radius 3 is 2.70 bits per heavy atom. The molecule has 0 aliphatic carbocycles. The quantitative estimate of drug-likeness (QED) is 0.727. The minimum absolute atomic E-state index is 0. The van der Waals surface area contributed by atoms with Crippen molar-refractivity contribution >= 4 is 0 Å². The van der Waals surface area contributed by atoms with Gasteiger partial charge >= 0.3 is 0 Å². The number of rotatable bonds is 1. The number of aromatic nitrogens is 2. The van der Waals surface area contributed by atoms with Crippen LogP contribution in [0.3, 0.4) is 0 Å². The molecule has 0 aliphatic rings. The standard InChI is InChI=1S/C7H9N2.W/c1-3-7-4-5-8-6(2)9-7;/h4H,3H2,1-2H3;/q-1;. The Labute approximate surface area is 75.4 Å². The van der Waals surface area contributed by atoms with Crippen molar-refractivity contribution in [3.05, 3.63) is 23.8 Å². The van der Waals surface area contributed by atoms with E-state index < -0.39 is 0 Å². The summed E-state index contributed by atoms with van der Waals surface area (Å²) in [7, 11) is 0. The van der Waals surface area contributed by atoms with Crippen LogP contribution in [-0.4, -0.2) is 9.97 Å². The van der Waals surface area contributed by atoms with Crippen LogP contribution in [0.4, 0.5) is 0 Å². The van der Waals surface area contributed by atoms with E-state index in [4.69, 9.17) is 0 Å². The number of aryl methyl sites for hydroxylation is 2. The predicted octanol–water partition coefficient (Wildman–Crippen LogP) is 1.15. The van der Waals surface area contributed by atoms with E-state index in [0.29, 0.717) is 0 Å². The number of hydrogen-bond donors (Lipinski definition) is 0. The van der Waals surface area contributed by atoms with Crippen LogP contribution in [0.25, 0.3) is 0 Å². The Morgan fingerprint density at radius 2 is 2.30 bits per heavy atom. The van der Waals surface area contributed by atoms with Crippen LogP contribution in [0.2, 0.25) is 0 Å². The Morgan fingerprint density at radius 1 is 1.60 bits per heavy atom. The first kappa shape index (κ1) is 9.77. The van der Waals surface area contributed by atoms with Crippen LogP contribution in [0, 0.1) is 13.1 Å². The molecule has 0 fully saturated rings. The van der Waals surface area contributed by atoms with Gasteiger partial charge in [-0.2, -0.15) is 0 Å². The van der Waals surface area contributed by atoms with E-state index in [9.17, 15) is 0 Å². The summed E-state index contributed by atoms with van der Waals surface area (Å²) >= 11 is 0. The fourth-order valence-electron chi connectivity index (χ4n) is 0.646. The van der Waals surface area contributed by atoms with Gasteiger partial charge in [0.2, 0.25) is 0 Å². The average molecular weight is 305 g/mol. The van der Waals surface area contributed by atoms with Gasteiger partial charge in [-0.15, -0.1) is 6.07 Å². The molecule has 0 N–H and O–H groups in total. The van der Waals surface area contributed by atoms with Gasteiger partial charge in [0.25, 0.3) is 0 Å². The third kappa shape index (κ3) is 2.57. The van der Waals surface area contributed by atoms with Crippen molar-refractivity contribution in [1.29, 1.82) is 0 Å². The Hall–Kier alpha value is -0.232. The molecule has 3 heteroatoms. The molecule has 0 saturated heterocycles. The van der Waals surface area contributed by atoms with Gasteiger partial charge in [0.15, 0.2) is 0 Å². The van der Waals surface area contributed by atoms with Crippen LogP contribution in [0.15, 0.2) is 6.07 Å². The molecule has 0 saturated carbocycles. The van der Waals surface area contributed by atoms with Crippen LogP contribution >= 0.6 is 0 Å². The van der Waals surface area contributed by atoms with E-state index in [2.05, 4.69) is 23.1 Å². The Kier molecular flexibility index (Phi) is 4.46. The maximum Gasteiger partial charge on any atom is 0.0106 e. The van der Waals surface area contributed by atoms with Gasteiger partial charge in [-0.3, -0.25) is 0 Å². The van der Waals surface area contributed by atoms with Gasteiger partial charge in [0.1, 0.15) is 0 Å². The maximum absolute atomic E-state index is 4.15. The molecule has 2 nitrogen and oxygen atoms in total. The Bertz CT molecular complexity index is 201. The minimum atomic E-state index is 0. The van der Waals surface area contributed by atoms with Crippen molar-refractivity contribution < 1.29 is 21.1 Å². The van der Waals surface area contributed by atoms with E-state index in [1.165, 1.54) is 0 Å². The summed E-state index contributed by atoms with van der Waals surface area (Å²) < 4.78 is 0. The fourth-order valence-corrected chi connectivity index (χ4v) is 0.646. The molecule has 0 amide bonds. The third-order valence-corrected chi connectivity index (χ3v) is 1.13. The first-order valence-corrected chi connectivity index (χ1v) is 3.03. The molecule has 0 unspecified atom stereocenters. The number of nitrogens with zero attached hydrogens (tertiary/aromatic N) is 2. The van der Waals surface area contributed by atoms with Gasteiger partial charge in [0, 0.05) is 26.9 Å². The summed E-state index contributed by atoms with van der Waals surface area (Å²) in [4.78, 5) is 8.00. The molecule has 1 aromatic heterocycles. The molecule has 0 bridgehead atoms. The largest absolute Gasteiger partial charge is 0.373 e. The van der Waals surface area contributed by atoms with Crippen LogP contribution < -0.4 is 0 Å². The van der Waals surface area contributed by atoms with Crippen LogP contribution in [-0.2, 0) is 27.5 Å². The van der Waals surface area contributed by atoms with Crippen molar-refractivity contribution in [3.8, 4) is 0 Å². The smallest absolute Gasteiger partial charge is 0.0106 e. The molecule has 10 heavy (non-hydrogen) atoms. The van der Waals surface area contributed by atoms with Crippen LogP contribution in [0.1, 0.15) is 18.4 Å². The van der Waals surface area contributed by atoms with Crippen molar-refractivity contribution in [2.24, 2.45) is 0 Å². The average Bonchev–Trinajstić information content (AvgIpc) is 1.88. The summed E-state index contributed by atoms with van der Waals surface area (Å²) in [6.07, 6.45) is 3.73. The summed E-state index contributed by atoms with van der Waals surface area (Å²) in [5.74, 6) is 0.800. The fraction of sp³-hybridized carbons (Fsp3) is 0.429. The van der Waals surface area contributed by atoms with Crippen molar-refractivity contribution in [2.45, 2.75) is 20.3 Å². The molecule has 0 atom stereocenters. The van der Waals surface area contributed by atoms with Gasteiger partial charge < -0.3 is 9.97 Å². The summed E-state index contributed by atoms with van der Waals surface area (Å²) in [6.45, 7) is 3.94. The SMILES string of the molecule is CCc1c[c-]nc(C)n1.[W]. The van der Waals surface area contributed by atoms with E-state index >= 15 is 0 Å². The zero-order valence-corrected chi connectivity index (χ0v) is 9.02. The predicted molar refractivity (Wildman–Crippen MR) is 35.0 cm³/mol. The zero-order valence-electron chi connectivity index (χ0n) is 6.09. The molecular weight excluding hydrogens is 296 g/mol. The molecule has 0 radical (unpaired) electrons. The molecule has 1 heterocycles. The maximum atomic E-state index is 4.15. The summed E-state index contributed by atoms with van der Waals surface area (Å²) in [5.41, 5.74) is 1.06. The van der Waals surface area contributed by atoms with Gasteiger partial charge in [0.05, 0.1) is 0 Å². The second kappa shape index (κ2) is 4.56. The van der Waals surface area contributed by atoms with Crippen molar-refractivity contribution in [3.63, 3.8) is 0 Å². The van der Waals surface area contributed by atoms with E-state index in [-0.39, 0.29) is 21.1 Å². The van der Waals surface area contributed by atoms with E-state index in [1.807, 2.05) is 13.0 Å². The first-order chi connectivity index (χ1) is 4.33. The zero-order chi connectivity index (χ0) is 6.69. The van der Waals surface area contributed by atoms with Crippen molar-refractivity contribution in [1.82, 2.24) is 9.97 Å². The van der Waals surface area contributed by atoms with Gasteiger partial charge in [-0.05, 0) is 0 Å². The van der Waals surface area contributed by atoms with Crippen molar-refractivity contribution in [2.75, 3.05) is 0 Å². The van der Waals surface area contributed by atoms with Gasteiger partial charge in [-0.25, -0.2) is 0 Å². The molecule has 0 aliphatic heterocycles. The molecule has 1 rings (SSSR count). The second-order valence-electron chi connectivity index (χ2n) is 1.89. The van der Waals surface area contributed by atoms with Crippen LogP contribution in [0.5, 0.6) is 0 Å². The normalized spacial score (nSPS) is 8.60. The van der Waals surface area contributed by atoms with E-state index in [1.54, 1.807) is 0 Å². The van der Waals surface area contributed by atoms with E-state index in [0.717, 1.165) is 17.9 Å². The monoisotopic (exact) mass is 305 g/mol. The Balaban J connectivity index is 0.000000810. The number of hydrogen-bond acceptors (Lipinski definition) is 2. The summed E-state index contributed by atoms with van der Waals surface area (Å²) in [6, 6.07) is 1.81. The summed E-state index contributed by atoms with van der Waals surface area (Å²) in [5, 5.41) is 0. The molecule has 1 aromatic rings. The van der Waals surface area contributed by atoms with Gasteiger partial charge in [-0.1, -0.05) is 32.2 Å². The third-order valence-electron chi connectivity index (χ3n) is 1.13. The molecule has 0 spiro atoms. The second-order valence-corrected chi connectivity index (χ2v) is 1.89. The molecule has 54 valence electrons. The molecular formula is C7H9N2W-. The molecule has 0 aromatic carbocycles. The topological polar surface area (TPSA) is 25.8 Å². The first-order valence-electron chi connectivity index (χ1n) is 3.03.